The number of nitrogens with zero attached hydrogens (tertiary/aromatic N) is 1. The van der Waals surface area contributed by atoms with Crippen LogP contribution in [0.15, 0.2) is 29.6 Å². The molecule has 1 aromatic carbocycles. The molecule has 0 spiro atoms. The van der Waals surface area contributed by atoms with Gasteiger partial charge < -0.3 is 10.1 Å². The maximum Gasteiger partial charge on any atom is 0.387 e. The number of ether oxygens (including phenoxy) is 1. The Bertz CT molecular complexity index is 560. The molecule has 0 amide bonds. The van der Waals surface area contributed by atoms with E-state index in [1.165, 1.54) is 6.07 Å². The van der Waals surface area contributed by atoms with E-state index in [1.54, 1.807) is 23.5 Å². The van der Waals surface area contributed by atoms with Gasteiger partial charge in [-0.25, -0.2) is 4.98 Å². The third-order valence-electron chi connectivity index (χ3n) is 2.88. The fourth-order valence-corrected chi connectivity index (χ4v) is 2.78. The summed E-state index contributed by atoms with van der Waals surface area (Å²) in [5, 5.41) is 6.19. The minimum absolute atomic E-state index is 0.0155. The highest BCUT2D eigenvalue weighted by molar-refractivity contribution is 7.09. The largest absolute Gasteiger partial charge is 0.435 e. The van der Waals surface area contributed by atoms with E-state index >= 15 is 0 Å². The summed E-state index contributed by atoms with van der Waals surface area (Å²) in [6.45, 7) is -0.856. The predicted molar refractivity (Wildman–Crippen MR) is 75.4 cm³/mol. The van der Waals surface area contributed by atoms with Crippen LogP contribution in [0.2, 0.25) is 0 Å². The Kier molecular flexibility index (Phi) is 5.03. The molecule has 0 fully saturated rings. The quantitative estimate of drug-likeness (QED) is 0.885. The molecule has 108 valence electrons. The van der Waals surface area contributed by atoms with Gasteiger partial charge >= 0.3 is 6.61 Å². The topological polar surface area (TPSA) is 34.2 Å². The summed E-state index contributed by atoms with van der Waals surface area (Å²) in [5.74, 6) is 0.174. The molecule has 1 heterocycles. The van der Waals surface area contributed by atoms with E-state index in [9.17, 15) is 8.78 Å². The van der Waals surface area contributed by atoms with Crippen LogP contribution in [-0.4, -0.2) is 18.6 Å². The zero-order valence-corrected chi connectivity index (χ0v) is 12.1. The van der Waals surface area contributed by atoms with Gasteiger partial charge in [-0.3, -0.25) is 0 Å². The molecule has 1 N–H and O–H groups in total. The molecule has 0 radical (unpaired) electrons. The van der Waals surface area contributed by atoms with Gasteiger partial charge in [0.15, 0.2) is 0 Å². The normalized spacial score (nSPS) is 12.7. The van der Waals surface area contributed by atoms with Crippen molar-refractivity contribution >= 4 is 11.3 Å². The minimum Gasteiger partial charge on any atom is -0.435 e. The fraction of sp³-hybridized carbons (Fsp3) is 0.357. The molecule has 2 rings (SSSR count). The SMILES string of the molecule is CNC(Cc1nc(C)cs1)c1cccc(OC(F)F)c1. The lowest BCUT2D eigenvalue weighted by molar-refractivity contribution is -0.0499. The number of alkyl halides is 2. The lowest BCUT2D eigenvalue weighted by Crippen LogP contribution is -2.19. The van der Waals surface area contributed by atoms with E-state index < -0.39 is 6.61 Å². The first-order valence-corrected chi connectivity index (χ1v) is 7.09. The van der Waals surface area contributed by atoms with E-state index in [1.807, 2.05) is 25.4 Å². The maximum atomic E-state index is 12.2. The number of rotatable bonds is 6. The summed E-state index contributed by atoms with van der Waals surface area (Å²) in [7, 11) is 1.84. The van der Waals surface area contributed by atoms with Crippen molar-refractivity contribution in [1.29, 1.82) is 0 Å². The third-order valence-corrected chi connectivity index (χ3v) is 3.87. The first-order chi connectivity index (χ1) is 9.58. The van der Waals surface area contributed by atoms with Gasteiger partial charge in [-0.1, -0.05) is 12.1 Å². The molecule has 0 bridgehead atoms. The Hall–Kier alpha value is -1.53. The number of aryl methyl sites for hydroxylation is 1. The van der Waals surface area contributed by atoms with Crippen LogP contribution in [0.1, 0.15) is 22.3 Å². The van der Waals surface area contributed by atoms with Gasteiger partial charge in [-0.15, -0.1) is 11.3 Å². The van der Waals surface area contributed by atoms with Crippen molar-refractivity contribution < 1.29 is 13.5 Å². The predicted octanol–water partition coefficient (Wildman–Crippen LogP) is 3.56. The lowest BCUT2D eigenvalue weighted by Gasteiger charge is -2.16. The second-order valence-corrected chi connectivity index (χ2v) is 5.32. The van der Waals surface area contributed by atoms with E-state index in [2.05, 4.69) is 15.0 Å². The average molecular weight is 298 g/mol. The summed E-state index contributed by atoms with van der Waals surface area (Å²) < 4.78 is 28.9. The van der Waals surface area contributed by atoms with Gasteiger partial charge in [-0.2, -0.15) is 8.78 Å². The molecular formula is C14H16F2N2OS. The smallest absolute Gasteiger partial charge is 0.387 e. The second-order valence-electron chi connectivity index (χ2n) is 4.38. The van der Waals surface area contributed by atoms with Crippen molar-refractivity contribution in [3.63, 3.8) is 0 Å². The number of benzene rings is 1. The first kappa shape index (κ1) is 14.9. The van der Waals surface area contributed by atoms with Crippen LogP contribution in [0.5, 0.6) is 5.75 Å². The number of hydrogen-bond donors (Lipinski definition) is 1. The molecule has 1 atom stereocenters. The third kappa shape index (κ3) is 3.98. The molecule has 1 aromatic heterocycles. The van der Waals surface area contributed by atoms with E-state index in [0.717, 1.165) is 16.3 Å². The van der Waals surface area contributed by atoms with Gasteiger partial charge in [0.2, 0.25) is 0 Å². The number of nitrogens with one attached hydrogen (secondary N) is 1. The van der Waals surface area contributed by atoms with Crippen molar-refractivity contribution in [3.8, 4) is 5.75 Å². The zero-order valence-electron chi connectivity index (χ0n) is 11.3. The number of thiazole rings is 1. The highest BCUT2D eigenvalue weighted by atomic mass is 32.1. The zero-order chi connectivity index (χ0) is 14.5. The van der Waals surface area contributed by atoms with Crippen LogP contribution < -0.4 is 10.1 Å². The first-order valence-electron chi connectivity index (χ1n) is 6.21. The highest BCUT2D eigenvalue weighted by Crippen LogP contribution is 2.24. The number of likely N-dealkylation sites (N-methyl/N-ethyl adjacent to an activating group) is 1. The standard InChI is InChI=1S/C14H16F2N2OS/c1-9-8-20-13(18-9)7-12(17-2)10-4-3-5-11(6-10)19-14(15)16/h3-6,8,12,14,17H,7H2,1-2H3. The Morgan fingerprint density at radius 2 is 2.20 bits per heavy atom. The van der Waals surface area contributed by atoms with Crippen LogP contribution in [0, 0.1) is 6.92 Å². The van der Waals surface area contributed by atoms with Crippen molar-refractivity contribution in [2.75, 3.05) is 7.05 Å². The van der Waals surface area contributed by atoms with Crippen LogP contribution in [0.25, 0.3) is 0 Å². The van der Waals surface area contributed by atoms with E-state index in [4.69, 9.17) is 0 Å². The molecule has 0 saturated heterocycles. The van der Waals surface area contributed by atoms with Gasteiger partial charge in [0.1, 0.15) is 5.75 Å². The van der Waals surface area contributed by atoms with Crippen LogP contribution >= 0.6 is 11.3 Å². The van der Waals surface area contributed by atoms with Crippen molar-refractivity contribution in [2.45, 2.75) is 26.0 Å². The summed E-state index contributed by atoms with van der Waals surface area (Å²) in [6, 6.07) is 6.77. The molecule has 20 heavy (non-hydrogen) atoms. The number of aromatic nitrogens is 1. The van der Waals surface area contributed by atoms with Crippen LogP contribution in [-0.2, 0) is 6.42 Å². The summed E-state index contributed by atoms with van der Waals surface area (Å²) in [4.78, 5) is 4.42. The molecule has 6 heteroatoms. The average Bonchev–Trinajstić information content (AvgIpc) is 2.81. The molecule has 0 aliphatic heterocycles. The lowest BCUT2D eigenvalue weighted by atomic mass is 10.0. The molecule has 2 aromatic rings. The molecule has 0 aliphatic rings. The Balaban J connectivity index is 2.14. The van der Waals surface area contributed by atoms with Crippen molar-refractivity contribution in [1.82, 2.24) is 10.3 Å². The summed E-state index contributed by atoms with van der Waals surface area (Å²) in [6.07, 6.45) is 0.715. The van der Waals surface area contributed by atoms with Gasteiger partial charge in [0.05, 0.1) is 5.01 Å². The van der Waals surface area contributed by atoms with Gasteiger partial charge in [-0.05, 0) is 31.7 Å². The summed E-state index contributed by atoms with van der Waals surface area (Å²) in [5.41, 5.74) is 1.90. The molecule has 0 saturated carbocycles. The van der Waals surface area contributed by atoms with Gasteiger partial charge in [0, 0.05) is 23.5 Å². The van der Waals surface area contributed by atoms with Crippen molar-refractivity contribution in [3.05, 3.63) is 45.9 Å². The fourth-order valence-electron chi connectivity index (χ4n) is 1.97. The number of halogens is 2. The van der Waals surface area contributed by atoms with Crippen molar-refractivity contribution in [2.24, 2.45) is 0 Å². The Labute approximate surface area is 120 Å². The van der Waals surface area contributed by atoms with Crippen LogP contribution in [0.3, 0.4) is 0 Å². The van der Waals surface area contributed by atoms with E-state index in [-0.39, 0.29) is 11.8 Å². The number of hydrogen-bond acceptors (Lipinski definition) is 4. The Morgan fingerprint density at radius 1 is 1.40 bits per heavy atom. The Morgan fingerprint density at radius 3 is 2.80 bits per heavy atom. The molecule has 0 aliphatic carbocycles. The molecule has 1 unspecified atom stereocenters. The van der Waals surface area contributed by atoms with E-state index in [0.29, 0.717) is 6.42 Å². The van der Waals surface area contributed by atoms with Gasteiger partial charge in [0.25, 0.3) is 0 Å². The monoisotopic (exact) mass is 298 g/mol. The summed E-state index contributed by atoms with van der Waals surface area (Å²) >= 11 is 1.60. The minimum atomic E-state index is -2.81. The maximum absolute atomic E-state index is 12.2. The highest BCUT2D eigenvalue weighted by Gasteiger charge is 2.14. The molecular weight excluding hydrogens is 282 g/mol. The van der Waals surface area contributed by atoms with Crippen LogP contribution in [0.4, 0.5) is 8.78 Å². The molecule has 3 nitrogen and oxygen atoms in total. The second kappa shape index (κ2) is 6.76.